The average molecular weight is 267 g/mol. The molecule has 1 aliphatic heterocycles. The van der Waals surface area contributed by atoms with Crippen LogP contribution in [0.1, 0.15) is 12.8 Å². The van der Waals surface area contributed by atoms with E-state index in [1.165, 1.54) is 12.1 Å². The molecule has 4 nitrogen and oxygen atoms in total. The molecule has 19 heavy (non-hydrogen) atoms. The van der Waals surface area contributed by atoms with Gasteiger partial charge in [-0.25, -0.2) is 4.39 Å². The van der Waals surface area contributed by atoms with Crippen LogP contribution in [0.3, 0.4) is 0 Å². The highest BCUT2D eigenvalue weighted by atomic mass is 19.1. The highest BCUT2D eigenvalue weighted by Crippen LogP contribution is 2.14. The third kappa shape index (κ3) is 3.92. The van der Waals surface area contributed by atoms with E-state index >= 15 is 0 Å². The molecule has 1 aromatic carbocycles. The van der Waals surface area contributed by atoms with Gasteiger partial charge in [-0.2, -0.15) is 0 Å². The summed E-state index contributed by atoms with van der Waals surface area (Å²) in [5.74, 6) is 0.303. The maximum atomic E-state index is 12.7. The molecule has 0 N–H and O–H groups in total. The lowest BCUT2D eigenvalue weighted by atomic mass is 10.2. The molecule has 1 aromatic rings. The van der Waals surface area contributed by atoms with Crippen molar-refractivity contribution < 1.29 is 18.7 Å². The molecule has 0 spiro atoms. The van der Waals surface area contributed by atoms with E-state index < -0.39 is 0 Å². The lowest BCUT2D eigenvalue weighted by Crippen LogP contribution is -2.38. The first-order chi connectivity index (χ1) is 9.16. The van der Waals surface area contributed by atoms with E-state index in [4.69, 9.17) is 9.47 Å². The van der Waals surface area contributed by atoms with Gasteiger partial charge in [-0.15, -0.1) is 0 Å². The number of carbonyl (C=O) groups is 1. The predicted octanol–water partition coefficient (Wildman–Crippen LogP) is 1.84. The summed E-state index contributed by atoms with van der Waals surface area (Å²) in [4.78, 5) is 13.5. The highest BCUT2D eigenvalue weighted by Gasteiger charge is 2.26. The Morgan fingerprint density at radius 2 is 2.21 bits per heavy atom. The van der Waals surface area contributed by atoms with E-state index in [-0.39, 0.29) is 17.8 Å². The fourth-order valence-electron chi connectivity index (χ4n) is 1.96. The Morgan fingerprint density at radius 3 is 2.84 bits per heavy atom. The van der Waals surface area contributed by atoms with Crippen LogP contribution >= 0.6 is 0 Å². The van der Waals surface area contributed by atoms with E-state index in [1.807, 2.05) is 0 Å². The number of rotatable bonds is 5. The van der Waals surface area contributed by atoms with Crippen LogP contribution in [0, 0.1) is 5.82 Å². The number of likely N-dealkylation sites (N-methyl/N-ethyl adjacent to an activating group) is 1. The van der Waals surface area contributed by atoms with Crippen molar-refractivity contribution in [1.82, 2.24) is 4.90 Å². The molecule has 1 aliphatic rings. The zero-order chi connectivity index (χ0) is 13.7. The van der Waals surface area contributed by atoms with Gasteiger partial charge in [-0.1, -0.05) is 0 Å². The molecule has 2 rings (SSSR count). The minimum absolute atomic E-state index is 0.000191. The largest absolute Gasteiger partial charge is 0.492 e. The number of amides is 1. The fraction of sp³-hybridized carbons (Fsp3) is 0.500. The van der Waals surface area contributed by atoms with Crippen molar-refractivity contribution in [3.05, 3.63) is 30.1 Å². The Labute approximate surface area is 112 Å². The fourth-order valence-corrected chi connectivity index (χ4v) is 1.96. The van der Waals surface area contributed by atoms with Gasteiger partial charge in [0.2, 0.25) is 0 Å². The lowest BCUT2D eigenvalue weighted by Gasteiger charge is -2.20. The summed E-state index contributed by atoms with van der Waals surface area (Å²) in [6, 6.07) is 5.82. The second-order valence-corrected chi connectivity index (χ2v) is 4.56. The van der Waals surface area contributed by atoms with Crippen LogP contribution in [0.2, 0.25) is 0 Å². The van der Waals surface area contributed by atoms with E-state index in [9.17, 15) is 9.18 Å². The molecule has 0 saturated carbocycles. The van der Waals surface area contributed by atoms with Crippen LogP contribution in [-0.4, -0.2) is 43.7 Å². The van der Waals surface area contributed by atoms with Gasteiger partial charge in [-0.3, -0.25) is 4.79 Å². The molecular weight excluding hydrogens is 249 g/mol. The van der Waals surface area contributed by atoms with Gasteiger partial charge < -0.3 is 14.4 Å². The van der Waals surface area contributed by atoms with Gasteiger partial charge in [0.05, 0.1) is 6.54 Å². The van der Waals surface area contributed by atoms with Crippen molar-refractivity contribution in [3.63, 3.8) is 0 Å². The molecule has 5 heteroatoms. The molecular formula is C14H18FNO3. The summed E-state index contributed by atoms with van der Waals surface area (Å²) in [5.41, 5.74) is 0. The van der Waals surface area contributed by atoms with Gasteiger partial charge in [-0.05, 0) is 37.1 Å². The van der Waals surface area contributed by atoms with Crippen molar-refractivity contribution in [2.24, 2.45) is 0 Å². The number of hydrogen-bond acceptors (Lipinski definition) is 3. The predicted molar refractivity (Wildman–Crippen MR) is 68.5 cm³/mol. The van der Waals surface area contributed by atoms with Crippen molar-refractivity contribution in [2.75, 3.05) is 26.8 Å². The smallest absolute Gasteiger partial charge is 0.251 e. The number of carbonyl (C=O) groups excluding carboxylic acids is 1. The summed E-state index contributed by atoms with van der Waals surface area (Å²) >= 11 is 0. The van der Waals surface area contributed by atoms with Crippen molar-refractivity contribution in [1.29, 1.82) is 0 Å². The summed E-state index contributed by atoms with van der Waals surface area (Å²) < 4.78 is 23.5. The molecule has 1 heterocycles. The third-order valence-corrected chi connectivity index (χ3v) is 3.09. The average Bonchev–Trinajstić information content (AvgIpc) is 2.94. The summed E-state index contributed by atoms with van der Waals surface area (Å²) in [5, 5.41) is 0. The molecule has 1 saturated heterocycles. The Morgan fingerprint density at radius 1 is 1.47 bits per heavy atom. The van der Waals surface area contributed by atoms with Crippen LogP contribution in [-0.2, 0) is 9.53 Å². The number of ether oxygens (including phenoxy) is 2. The standard InChI is InChI=1S/C14H18FNO3/c1-16(14(17)13-3-2-9-19-13)8-10-18-12-6-4-11(15)5-7-12/h4-7,13H,2-3,8-10H2,1H3. The molecule has 0 aromatic heterocycles. The zero-order valence-corrected chi connectivity index (χ0v) is 11.0. The normalized spacial score (nSPS) is 18.3. The molecule has 104 valence electrons. The van der Waals surface area contributed by atoms with Gasteiger partial charge in [0, 0.05) is 13.7 Å². The number of nitrogens with zero attached hydrogens (tertiary/aromatic N) is 1. The zero-order valence-electron chi connectivity index (χ0n) is 11.0. The Balaban J connectivity index is 1.72. The Kier molecular flexibility index (Phi) is 4.74. The number of halogens is 1. The quantitative estimate of drug-likeness (QED) is 0.817. The van der Waals surface area contributed by atoms with Gasteiger partial charge in [0.1, 0.15) is 24.3 Å². The third-order valence-electron chi connectivity index (χ3n) is 3.09. The second-order valence-electron chi connectivity index (χ2n) is 4.56. The van der Waals surface area contributed by atoms with Crippen molar-refractivity contribution in [3.8, 4) is 5.75 Å². The molecule has 1 unspecified atom stereocenters. The van der Waals surface area contributed by atoms with Gasteiger partial charge in [0.25, 0.3) is 5.91 Å². The molecule has 0 aliphatic carbocycles. The van der Waals surface area contributed by atoms with E-state index in [0.717, 1.165) is 12.8 Å². The first kappa shape index (κ1) is 13.8. The highest BCUT2D eigenvalue weighted by molar-refractivity contribution is 5.80. The van der Waals surface area contributed by atoms with Crippen LogP contribution in [0.15, 0.2) is 24.3 Å². The Hall–Kier alpha value is -1.62. The van der Waals surface area contributed by atoms with E-state index in [0.29, 0.717) is 25.5 Å². The van der Waals surface area contributed by atoms with Crippen LogP contribution < -0.4 is 4.74 Å². The maximum Gasteiger partial charge on any atom is 0.251 e. The molecule has 1 fully saturated rings. The van der Waals surface area contributed by atoms with E-state index in [1.54, 1.807) is 24.1 Å². The molecule has 0 radical (unpaired) electrons. The van der Waals surface area contributed by atoms with Crippen LogP contribution in [0.5, 0.6) is 5.75 Å². The van der Waals surface area contributed by atoms with Crippen molar-refractivity contribution in [2.45, 2.75) is 18.9 Å². The molecule has 1 atom stereocenters. The maximum absolute atomic E-state index is 12.7. The first-order valence-electron chi connectivity index (χ1n) is 6.42. The van der Waals surface area contributed by atoms with Crippen molar-refractivity contribution >= 4 is 5.91 Å². The van der Waals surface area contributed by atoms with Crippen LogP contribution in [0.4, 0.5) is 4.39 Å². The second kappa shape index (κ2) is 6.52. The van der Waals surface area contributed by atoms with E-state index in [2.05, 4.69) is 0 Å². The van der Waals surface area contributed by atoms with Gasteiger partial charge in [0.15, 0.2) is 0 Å². The van der Waals surface area contributed by atoms with Gasteiger partial charge >= 0.3 is 0 Å². The topological polar surface area (TPSA) is 38.8 Å². The summed E-state index contributed by atoms with van der Waals surface area (Å²) in [6.45, 7) is 1.52. The summed E-state index contributed by atoms with van der Waals surface area (Å²) in [6.07, 6.45) is 1.44. The minimum Gasteiger partial charge on any atom is -0.492 e. The lowest BCUT2D eigenvalue weighted by molar-refractivity contribution is -0.139. The molecule has 1 amide bonds. The summed E-state index contributed by atoms with van der Waals surface area (Å²) in [7, 11) is 1.73. The molecule has 0 bridgehead atoms. The number of benzene rings is 1. The minimum atomic E-state index is -0.296. The Bertz CT molecular complexity index is 415. The monoisotopic (exact) mass is 267 g/mol. The first-order valence-corrected chi connectivity index (χ1v) is 6.42. The number of hydrogen-bond donors (Lipinski definition) is 0. The van der Waals surface area contributed by atoms with Crippen LogP contribution in [0.25, 0.3) is 0 Å². The SMILES string of the molecule is CN(CCOc1ccc(F)cc1)C(=O)C1CCCO1.